The second-order valence-electron chi connectivity index (χ2n) is 6.50. The number of nitrogens with one attached hydrogen (secondary N) is 2. The Morgan fingerprint density at radius 2 is 2.40 bits per heavy atom. The minimum Gasteiger partial charge on any atom is -0.378 e. The Bertz CT molecular complexity index is 739. The fourth-order valence-electron chi connectivity index (χ4n) is 3.01. The second kappa shape index (κ2) is 8.49. The van der Waals surface area contributed by atoms with Crippen LogP contribution in [0, 0.1) is 0 Å². The number of halogens is 1. The molecule has 1 saturated heterocycles. The van der Waals surface area contributed by atoms with E-state index in [1.165, 1.54) is 12.5 Å². The van der Waals surface area contributed by atoms with Crippen LogP contribution in [-0.4, -0.2) is 39.0 Å². The third-order valence-electron chi connectivity index (χ3n) is 4.36. The largest absolute Gasteiger partial charge is 0.378 e. The van der Waals surface area contributed by atoms with Gasteiger partial charge in [0.05, 0.1) is 23.0 Å². The molecule has 2 aromatic heterocycles. The Hall–Kier alpha value is -1.86. The van der Waals surface area contributed by atoms with Gasteiger partial charge in [-0.1, -0.05) is 18.5 Å². The second-order valence-corrected chi connectivity index (χ2v) is 6.94. The van der Waals surface area contributed by atoms with Crippen molar-refractivity contribution < 1.29 is 4.74 Å². The summed E-state index contributed by atoms with van der Waals surface area (Å²) in [5, 5.41) is 7.97. The summed E-state index contributed by atoms with van der Waals surface area (Å²) in [6.07, 6.45) is 8.06. The predicted molar refractivity (Wildman–Crippen MR) is 97.2 cm³/mol. The van der Waals surface area contributed by atoms with E-state index in [1.807, 2.05) is 6.92 Å². The van der Waals surface area contributed by atoms with Gasteiger partial charge in [-0.05, 0) is 25.7 Å². The molecule has 25 heavy (non-hydrogen) atoms. The van der Waals surface area contributed by atoms with E-state index in [9.17, 15) is 4.79 Å². The highest BCUT2D eigenvalue weighted by atomic mass is 35.5. The average Bonchev–Trinajstić information content (AvgIpc) is 3.00. The summed E-state index contributed by atoms with van der Waals surface area (Å²) in [4.78, 5) is 19.2. The molecule has 1 aliphatic heterocycles. The van der Waals surface area contributed by atoms with E-state index < -0.39 is 0 Å². The maximum absolute atomic E-state index is 11.9. The Balaban J connectivity index is 1.58. The maximum Gasteiger partial charge on any atom is 0.252 e. The normalized spacial score (nSPS) is 18.9. The molecule has 2 atom stereocenters. The predicted octanol–water partition coefficient (Wildman–Crippen LogP) is 2.79. The summed E-state index contributed by atoms with van der Waals surface area (Å²) >= 11 is 5.89. The summed E-state index contributed by atoms with van der Waals surface area (Å²) < 4.78 is 7.47. The lowest BCUT2D eigenvalue weighted by Gasteiger charge is -2.22. The summed E-state index contributed by atoms with van der Waals surface area (Å²) in [5.74, 6) is 0.546. The van der Waals surface area contributed by atoms with Crippen LogP contribution < -0.4 is 10.9 Å². The first-order valence-corrected chi connectivity index (χ1v) is 9.12. The summed E-state index contributed by atoms with van der Waals surface area (Å²) in [7, 11) is 0. The van der Waals surface area contributed by atoms with Crippen molar-refractivity contribution in [3.8, 4) is 0 Å². The van der Waals surface area contributed by atoms with Crippen LogP contribution in [0.5, 0.6) is 0 Å². The SMILES string of the molecule is C[C@H](Cn1cc(Cl)cn1)c1cc(=O)[nH]c(NCC[C@H]2CCCCO2)n1. The van der Waals surface area contributed by atoms with E-state index in [-0.39, 0.29) is 11.5 Å². The summed E-state index contributed by atoms with van der Waals surface area (Å²) in [6.45, 7) is 4.19. The van der Waals surface area contributed by atoms with Gasteiger partial charge in [0, 0.05) is 37.9 Å². The molecule has 0 bridgehead atoms. The molecule has 0 aromatic carbocycles. The number of ether oxygens (including phenoxy) is 1. The summed E-state index contributed by atoms with van der Waals surface area (Å²) in [5.41, 5.74) is 0.568. The Kier molecular flexibility index (Phi) is 6.09. The van der Waals surface area contributed by atoms with Crippen molar-refractivity contribution in [2.24, 2.45) is 0 Å². The van der Waals surface area contributed by atoms with Crippen LogP contribution in [-0.2, 0) is 11.3 Å². The smallest absolute Gasteiger partial charge is 0.252 e. The lowest BCUT2D eigenvalue weighted by Crippen LogP contribution is -2.23. The average molecular weight is 366 g/mol. The third-order valence-corrected chi connectivity index (χ3v) is 4.56. The van der Waals surface area contributed by atoms with Gasteiger partial charge in [0.2, 0.25) is 5.95 Å². The molecule has 8 heteroatoms. The van der Waals surface area contributed by atoms with E-state index >= 15 is 0 Å². The van der Waals surface area contributed by atoms with Gasteiger partial charge in [0.15, 0.2) is 0 Å². The van der Waals surface area contributed by atoms with Crippen molar-refractivity contribution in [3.63, 3.8) is 0 Å². The number of aromatic nitrogens is 4. The van der Waals surface area contributed by atoms with Crippen LogP contribution in [0.3, 0.4) is 0 Å². The van der Waals surface area contributed by atoms with Crippen LogP contribution in [0.4, 0.5) is 5.95 Å². The van der Waals surface area contributed by atoms with Crippen LogP contribution in [0.2, 0.25) is 5.02 Å². The van der Waals surface area contributed by atoms with Crippen LogP contribution >= 0.6 is 11.6 Å². The zero-order valence-corrected chi connectivity index (χ0v) is 15.1. The van der Waals surface area contributed by atoms with Gasteiger partial charge in [-0.2, -0.15) is 5.10 Å². The number of aromatic amines is 1. The van der Waals surface area contributed by atoms with Gasteiger partial charge >= 0.3 is 0 Å². The molecular formula is C17H24ClN5O2. The molecule has 3 rings (SSSR count). The van der Waals surface area contributed by atoms with Crippen molar-refractivity contribution in [1.29, 1.82) is 0 Å². The summed E-state index contributed by atoms with van der Waals surface area (Å²) in [6, 6.07) is 1.53. The number of hydrogen-bond donors (Lipinski definition) is 2. The van der Waals surface area contributed by atoms with Gasteiger partial charge in [-0.3, -0.25) is 14.5 Å². The van der Waals surface area contributed by atoms with Crippen LogP contribution in [0.1, 0.15) is 44.2 Å². The fraction of sp³-hybridized carbons (Fsp3) is 0.588. The lowest BCUT2D eigenvalue weighted by molar-refractivity contribution is 0.0134. The standard InChI is InChI=1S/C17H24ClN5O2/c1-12(10-23-11-13(18)9-20-23)15-8-16(24)22-17(21-15)19-6-5-14-4-2-3-7-25-14/h8-9,11-12,14H,2-7,10H2,1H3,(H2,19,21,22,24)/t12-,14-/m1/s1. The Labute approximate surface area is 151 Å². The van der Waals surface area contributed by atoms with Gasteiger partial charge in [-0.15, -0.1) is 0 Å². The highest BCUT2D eigenvalue weighted by molar-refractivity contribution is 6.30. The number of hydrogen-bond acceptors (Lipinski definition) is 5. The van der Waals surface area contributed by atoms with Crippen LogP contribution in [0.25, 0.3) is 0 Å². The molecule has 1 aliphatic rings. The lowest BCUT2D eigenvalue weighted by atomic mass is 10.1. The van der Waals surface area contributed by atoms with E-state index in [4.69, 9.17) is 16.3 Å². The first-order chi connectivity index (χ1) is 12.1. The van der Waals surface area contributed by atoms with E-state index in [0.717, 1.165) is 38.1 Å². The quantitative estimate of drug-likeness (QED) is 0.788. The Morgan fingerprint density at radius 1 is 1.52 bits per heavy atom. The Morgan fingerprint density at radius 3 is 3.12 bits per heavy atom. The van der Waals surface area contributed by atoms with Crippen molar-refractivity contribution in [2.75, 3.05) is 18.5 Å². The zero-order chi connectivity index (χ0) is 17.6. The molecule has 1 fully saturated rings. The number of anilines is 1. The molecule has 0 spiro atoms. The van der Waals surface area contributed by atoms with Gasteiger partial charge in [0.25, 0.3) is 5.56 Å². The monoisotopic (exact) mass is 365 g/mol. The first kappa shape index (κ1) is 17.9. The third kappa shape index (κ3) is 5.31. The molecule has 0 aliphatic carbocycles. The van der Waals surface area contributed by atoms with Gasteiger partial charge in [-0.25, -0.2) is 4.98 Å². The number of rotatable bonds is 7. The molecule has 2 aromatic rings. The van der Waals surface area contributed by atoms with Crippen molar-refractivity contribution in [1.82, 2.24) is 19.7 Å². The van der Waals surface area contributed by atoms with E-state index in [0.29, 0.717) is 23.6 Å². The number of H-pyrrole nitrogens is 1. The van der Waals surface area contributed by atoms with Gasteiger partial charge in [0.1, 0.15) is 0 Å². The van der Waals surface area contributed by atoms with E-state index in [1.54, 1.807) is 17.1 Å². The molecule has 0 amide bonds. The highest BCUT2D eigenvalue weighted by Gasteiger charge is 2.14. The topological polar surface area (TPSA) is 84.8 Å². The molecule has 7 nitrogen and oxygen atoms in total. The van der Waals surface area contributed by atoms with Crippen molar-refractivity contribution >= 4 is 17.5 Å². The molecule has 0 unspecified atom stereocenters. The fourth-order valence-corrected chi connectivity index (χ4v) is 3.17. The minimum atomic E-state index is -0.160. The van der Waals surface area contributed by atoms with Gasteiger partial charge < -0.3 is 10.1 Å². The first-order valence-electron chi connectivity index (χ1n) is 8.75. The molecule has 2 N–H and O–H groups in total. The van der Waals surface area contributed by atoms with E-state index in [2.05, 4.69) is 20.4 Å². The maximum atomic E-state index is 11.9. The van der Waals surface area contributed by atoms with Crippen molar-refractivity contribution in [3.05, 3.63) is 39.5 Å². The molecule has 0 saturated carbocycles. The zero-order valence-electron chi connectivity index (χ0n) is 14.4. The molecule has 136 valence electrons. The minimum absolute atomic E-state index is 0.0421. The molecular weight excluding hydrogens is 342 g/mol. The number of nitrogens with zero attached hydrogens (tertiary/aromatic N) is 3. The highest BCUT2D eigenvalue weighted by Crippen LogP contribution is 2.17. The molecule has 3 heterocycles. The molecule has 0 radical (unpaired) electrons. The van der Waals surface area contributed by atoms with Crippen LogP contribution in [0.15, 0.2) is 23.3 Å². The van der Waals surface area contributed by atoms with Crippen molar-refractivity contribution in [2.45, 2.75) is 51.2 Å².